The molecule has 0 spiro atoms. The minimum Gasteiger partial charge on any atom is -0.385 e. The standard InChI is InChI=1S/C19H22N2OS.C2H6/c1-13-11-17(23-18(13)19(22)21-9-2-3-10-21)15-7-6-14-5-4-8-20-16(14)12-15;1-2/h6-7,11-12,20H,2-5,8-10H2,1H3;1-2H3. The van der Waals surface area contributed by atoms with Gasteiger partial charge in [0.25, 0.3) is 5.91 Å². The second-order valence-corrected chi connectivity index (χ2v) is 7.58. The molecule has 4 heteroatoms. The van der Waals surface area contributed by atoms with Gasteiger partial charge in [0.2, 0.25) is 0 Å². The number of carbonyl (C=O) groups is 1. The van der Waals surface area contributed by atoms with E-state index in [-0.39, 0.29) is 5.91 Å². The van der Waals surface area contributed by atoms with Crippen molar-refractivity contribution in [3.05, 3.63) is 40.3 Å². The van der Waals surface area contributed by atoms with Gasteiger partial charge >= 0.3 is 0 Å². The maximum absolute atomic E-state index is 12.7. The number of hydrogen-bond donors (Lipinski definition) is 1. The molecule has 0 unspecified atom stereocenters. The van der Waals surface area contributed by atoms with Crippen molar-refractivity contribution in [1.29, 1.82) is 0 Å². The van der Waals surface area contributed by atoms with E-state index >= 15 is 0 Å². The van der Waals surface area contributed by atoms with Crippen molar-refractivity contribution in [3.63, 3.8) is 0 Å². The number of rotatable bonds is 2. The molecule has 1 fully saturated rings. The monoisotopic (exact) mass is 356 g/mol. The molecule has 134 valence electrons. The highest BCUT2D eigenvalue weighted by atomic mass is 32.1. The molecular weight excluding hydrogens is 328 g/mol. The van der Waals surface area contributed by atoms with Crippen molar-refractivity contribution < 1.29 is 4.79 Å². The number of fused-ring (bicyclic) bond motifs is 1. The average Bonchev–Trinajstić information content (AvgIpc) is 3.32. The summed E-state index contributed by atoms with van der Waals surface area (Å²) >= 11 is 1.64. The molecule has 0 radical (unpaired) electrons. The Morgan fingerprint density at radius 2 is 1.88 bits per heavy atom. The Morgan fingerprint density at radius 3 is 2.64 bits per heavy atom. The maximum Gasteiger partial charge on any atom is 0.264 e. The number of amides is 1. The molecule has 4 rings (SSSR count). The van der Waals surface area contributed by atoms with E-state index in [1.54, 1.807) is 11.3 Å². The number of nitrogens with zero attached hydrogens (tertiary/aromatic N) is 1. The Labute approximate surface area is 155 Å². The van der Waals surface area contributed by atoms with E-state index < -0.39 is 0 Å². The van der Waals surface area contributed by atoms with Gasteiger partial charge in [-0.1, -0.05) is 26.0 Å². The Hall–Kier alpha value is -1.81. The Kier molecular flexibility index (Phi) is 5.79. The molecule has 1 aromatic carbocycles. The second-order valence-electron chi connectivity index (χ2n) is 6.52. The quantitative estimate of drug-likeness (QED) is 0.787. The van der Waals surface area contributed by atoms with E-state index in [0.29, 0.717) is 0 Å². The molecule has 1 amide bonds. The molecule has 3 heterocycles. The molecule has 3 nitrogen and oxygen atoms in total. The lowest BCUT2D eigenvalue weighted by Crippen LogP contribution is -2.27. The lowest BCUT2D eigenvalue weighted by Gasteiger charge is -2.18. The molecule has 25 heavy (non-hydrogen) atoms. The first-order valence-corrected chi connectivity index (χ1v) is 10.3. The molecule has 0 saturated carbocycles. The molecule has 2 aromatic rings. The third kappa shape index (κ3) is 3.74. The number of carbonyl (C=O) groups excluding carboxylic acids is 1. The fourth-order valence-corrected chi connectivity index (χ4v) is 4.65. The number of likely N-dealkylation sites (tertiary alicyclic amines) is 1. The third-order valence-corrected chi connectivity index (χ3v) is 6.11. The van der Waals surface area contributed by atoms with Gasteiger partial charge in [0.15, 0.2) is 0 Å². The zero-order valence-corrected chi connectivity index (χ0v) is 16.3. The van der Waals surface area contributed by atoms with Crippen LogP contribution >= 0.6 is 11.3 Å². The van der Waals surface area contributed by atoms with Crippen molar-refractivity contribution in [2.45, 2.75) is 46.5 Å². The van der Waals surface area contributed by atoms with Crippen molar-refractivity contribution >= 4 is 22.9 Å². The number of benzene rings is 1. The topological polar surface area (TPSA) is 32.3 Å². The Balaban J connectivity index is 0.000000880. The van der Waals surface area contributed by atoms with Crippen LogP contribution in [0.1, 0.15) is 53.9 Å². The van der Waals surface area contributed by atoms with E-state index in [1.165, 1.54) is 28.1 Å². The minimum absolute atomic E-state index is 0.215. The van der Waals surface area contributed by atoms with Crippen LogP contribution in [0.2, 0.25) is 0 Å². The summed E-state index contributed by atoms with van der Waals surface area (Å²) in [5.41, 5.74) is 4.98. The van der Waals surface area contributed by atoms with Gasteiger partial charge in [-0.05, 0) is 61.4 Å². The van der Waals surface area contributed by atoms with Gasteiger partial charge in [-0.15, -0.1) is 11.3 Å². The third-order valence-electron chi connectivity index (χ3n) is 4.84. The lowest BCUT2D eigenvalue weighted by molar-refractivity contribution is 0.0797. The maximum atomic E-state index is 12.7. The number of anilines is 1. The predicted molar refractivity (Wildman–Crippen MR) is 108 cm³/mol. The molecule has 1 N–H and O–H groups in total. The average molecular weight is 357 g/mol. The molecule has 1 aromatic heterocycles. The normalized spacial score (nSPS) is 15.9. The smallest absolute Gasteiger partial charge is 0.264 e. The predicted octanol–water partition coefficient (Wildman–Crippen LogP) is 5.34. The van der Waals surface area contributed by atoms with Crippen LogP contribution in [0.5, 0.6) is 0 Å². The summed E-state index contributed by atoms with van der Waals surface area (Å²) in [4.78, 5) is 16.8. The molecule has 1 saturated heterocycles. The minimum atomic E-state index is 0.215. The fourth-order valence-electron chi connectivity index (χ4n) is 3.51. The number of nitrogens with one attached hydrogen (secondary N) is 1. The summed E-state index contributed by atoms with van der Waals surface area (Å²) < 4.78 is 0. The molecule has 2 aliphatic rings. The van der Waals surface area contributed by atoms with Crippen LogP contribution < -0.4 is 5.32 Å². The summed E-state index contributed by atoms with van der Waals surface area (Å²) in [7, 11) is 0. The van der Waals surface area contributed by atoms with Crippen LogP contribution in [0, 0.1) is 6.92 Å². The van der Waals surface area contributed by atoms with Gasteiger partial charge in [-0.3, -0.25) is 4.79 Å². The van der Waals surface area contributed by atoms with Crippen LogP contribution in [0.25, 0.3) is 10.4 Å². The van der Waals surface area contributed by atoms with Gasteiger partial charge in [0, 0.05) is 30.2 Å². The van der Waals surface area contributed by atoms with Crippen molar-refractivity contribution in [2.24, 2.45) is 0 Å². The Morgan fingerprint density at radius 1 is 1.12 bits per heavy atom. The lowest BCUT2D eigenvalue weighted by atomic mass is 10.0. The summed E-state index contributed by atoms with van der Waals surface area (Å²) in [5, 5.41) is 3.49. The summed E-state index contributed by atoms with van der Waals surface area (Å²) in [6.45, 7) is 8.93. The molecule has 0 atom stereocenters. The van der Waals surface area contributed by atoms with Crippen LogP contribution in [-0.4, -0.2) is 30.4 Å². The number of thiophene rings is 1. The van der Waals surface area contributed by atoms with Gasteiger partial charge in [-0.25, -0.2) is 0 Å². The van der Waals surface area contributed by atoms with Crippen LogP contribution in [0.15, 0.2) is 24.3 Å². The number of hydrogen-bond acceptors (Lipinski definition) is 3. The molecular formula is C21H28N2OS. The van der Waals surface area contributed by atoms with Crippen LogP contribution in [0.4, 0.5) is 5.69 Å². The molecule has 0 aliphatic carbocycles. The fraction of sp³-hybridized carbons (Fsp3) is 0.476. The van der Waals surface area contributed by atoms with Crippen LogP contribution in [-0.2, 0) is 6.42 Å². The zero-order chi connectivity index (χ0) is 17.8. The summed E-state index contributed by atoms with van der Waals surface area (Å²) in [5.74, 6) is 0.215. The van der Waals surface area contributed by atoms with E-state index in [2.05, 4.69) is 36.5 Å². The van der Waals surface area contributed by atoms with E-state index in [4.69, 9.17) is 0 Å². The van der Waals surface area contributed by atoms with Gasteiger partial charge in [0.05, 0.1) is 4.88 Å². The van der Waals surface area contributed by atoms with E-state index in [9.17, 15) is 4.79 Å². The molecule has 0 bridgehead atoms. The highest BCUT2D eigenvalue weighted by molar-refractivity contribution is 7.17. The van der Waals surface area contributed by atoms with Gasteiger partial charge in [0.1, 0.15) is 0 Å². The first-order valence-electron chi connectivity index (χ1n) is 9.49. The van der Waals surface area contributed by atoms with Crippen LogP contribution in [0.3, 0.4) is 0 Å². The largest absolute Gasteiger partial charge is 0.385 e. The first kappa shape index (κ1) is 18.0. The second kappa shape index (κ2) is 8.05. The van der Waals surface area contributed by atoms with E-state index in [0.717, 1.165) is 49.3 Å². The van der Waals surface area contributed by atoms with E-state index in [1.807, 2.05) is 18.7 Å². The summed E-state index contributed by atoms with van der Waals surface area (Å²) in [6, 6.07) is 8.83. The van der Waals surface area contributed by atoms with Crippen molar-refractivity contribution in [2.75, 3.05) is 25.0 Å². The van der Waals surface area contributed by atoms with Crippen molar-refractivity contribution in [1.82, 2.24) is 4.90 Å². The van der Waals surface area contributed by atoms with Gasteiger partial charge < -0.3 is 10.2 Å². The highest BCUT2D eigenvalue weighted by Crippen LogP contribution is 2.35. The van der Waals surface area contributed by atoms with Gasteiger partial charge in [-0.2, -0.15) is 0 Å². The van der Waals surface area contributed by atoms with Crippen molar-refractivity contribution in [3.8, 4) is 10.4 Å². The highest BCUT2D eigenvalue weighted by Gasteiger charge is 2.23. The first-order chi connectivity index (χ1) is 12.2. The summed E-state index contributed by atoms with van der Waals surface area (Å²) in [6.07, 6.45) is 4.64. The SMILES string of the molecule is CC.Cc1cc(-c2ccc3c(c2)NCCC3)sc1C(=O)N1CCCC1. The zero-order valence-electron chi connectivity index (χ0n) is 15.5. The molecule has 2 aliphatic heterocycles. The number of aryl methyl sites for hydroxylation is 2. The Bertz CT molecular complexity index is 744.